The minimum absolute atomic E-state index is 0.168. The molecule has 0 amide bonds. The molecular formula is C35H30FN2O+. The Morgan fingerprint density at radius 3 is 2.26 bits per heavy atom. The normalized spacial score (nSPS) is 14.1. The van der Waals surface area contributed by atoms with Crippen molar-refractivity contribution in [3.63, 3.8) is 0 Å². The Morgan fingerprint density at radius 1 is 0.769 bits per heavy atom. The van der Waals surface area contributed by atoms with Crippen molar-refractivity contribution in [2.45, 2.75) is 26.2 Å². The zero-order chi connectivity index (χ0) is 27.1. The van der Waals surface area contributed by atoms with Crippen LogP contribution in [0.5, 0.6) is 0 Å². The van der Waals surface area contributed by atoms with Gasteiger partial charge in [0.05, 0.1) is 11.1 Å². The molecule has 0 N–H and O–H groups in total. The number of fused-ring (bicyclic) bond motifs is 5. The Labute approximate surface area is 227 Å². The summed E-state index contributed by atoms with van der Waals surface area (Å²) in [6, 6.07) is 28.6. The summed E-state index contributed by atoms with van der Waals surface area (Å²) in [6.07, 6.45) is 2.03. The van der Waals surface area contributed by atoms with Crippen LogP contribution in [0.1, 0.15) is 30.5 Å². The molecule has 0 spiro atoms. The van der Waals surface area contributed by atoms with Gasteiger partial charge in [-0.05, 0) is 59.5 Å². The van der Waals surface area contributed by atoms with Crippen LogP contribution in [-0.2, 0) is 12.5 Å². The predicted molar refractivity (Wildman–Crippen MR) is 157 cm³/mol. The highest BCUT2D eigenvalue weighted by Gasteiger charge is 2.35. The van der Waals surface area contributed by atoms with Crippen molar-refractivity contribution in [3.05, 3.63) is 114 Å². The quantitative estimate of drug-likeness (QED) is 0.216. The highest BCUT2D eigenvalue weighted by molar-refractivity contribution is 6.13. The largest absolute Gasteiger partial charge is 0.454 e. The van der Waals surface area contributed by atoms with Gasteiger partial charge in [-0.2, -0.15) is 0 Å². The van der Waals surface area contributed by atoms with Crippen molar-refractivity contribution in [2.75, 3.05) is 11.9 Å². The molecule has 0 atom stereocenters. The maximum absolute atomic E-state index is 15.7. The Hall–Kier alpha value is -4.44. The van der Waals surface area contributed by atoms with Crippen molar-refractivity contribution in [1.82, 2.24) is 0 Å². The third kappa shape index (κ3) is 3.31. The number of hydrogen-bond acceptors (Lipinski definition) is 2. The predicted octanol–water partition coefficient (Wildman–Crippen LogP) is 8.60. The molecule has 0 saturated heterocycles. The van der Waals surface area contributed by atoms with Crippen molar-refractivity contribution in [1.29, 1.82) is 0 Å². The number of para-hydroxylation sites is 1. The zero-order valence-corrected chi connectivity index (χ0v) is 22.8. The van der Waals surface area contributed by atoms with E-state index >= 15 is 4.39 Å². The lowest BCUT2D eigenvalue weighted by molar-refractivity contribution is -0.660. The van der Waals surface area contributed by atoms with Gasteiger partial charge in [0.25, 0.3) is 0 Å². The van der Waals surface area contributed by atoms with E-state index in [1.165, 1.54) is 16.8 Å². The van der Waals surface area contributed by atoms with Crippen molar-refractivity contribution in [2.24, 2.45) is 7.05 Å². The molecule has 4 heteroatoms. The molecule has 1 aliphatic heterocycles. The molecule has 0 bridgehead atoms. The summed E-state index contributed by atoms with van der Waals surface area (Å²) >= 11 is 0. The van der Waals surface area contributed by atoms with Crippen LogP contribution in [0.4, 0.5) is 15.8 Å². The third-order valence-corrected chi connectivity index (χ3v) is 8.54. The lowest BCUT2D eigenvalue weighted by Crippen LogP contribution is -2.30. The molecule has 39 heavy (non-hydrogen) atoms. The molecule has 192 valence electrons. The highest BCUT2D eigenvalue weighted by Crippen LogP contribution is 2.50. The summed E-state index contributed by atoms with van der Waals surface area (Å²) in [5.41, 5.74) is 10.5. The summed E-state index contributed by atoms with van der Waals surface area (Å²) in [7, 11) is 4.12. The molecule has 0 radical (unpaired) electrons. The van der Waals surface area contributed by atoms with Crippen LogP contribution in [0.3, 0.4) is 0 Å². The smallest absolute Gasteiger partial charge is 0.216 e. The summed E-state index contributed by atoms with van der Waals surface area (Å²) < 4.78 is 24.5. The second-order valence-corrected chi connectivity index (χ2v) is 11.2. The van der Waals surface area contributed by atoms with Crippen LogP contribution in [0.2, 0.25) is 0 Å². The first-order valence-electron chi connectivity index (χ1n) is 13.3. The second-order valence-electron chi connectivity index (χ2n) is 11.2. The molecule has 6 aromatic rings. The van der Waals surface area contributed by atoms with Gasteiger partial charge in [0, 0.05) is 46.7 Å². The monoisotopic (exact) mass is 513 g/mol. The zero-order valence-electron chi connectivity index (χ0n) is 22.8. The van der Waals surface area contributed by atoms with E-state index in [4.69, 9.17) is 4.42 Å². The Morgan fingerprint density at radius 2 is 1.46 bits per heavy atom. The van der Waals surface area contributed by atoms with E-state index < -0.39 is 0 Å². The van der Waals surface area contributed by atoms with Crippen LogP contribution in [0, 0.1) is 12.7 Å². The number of pyridine rings is 1. The van der Waals surface area contributed by atoms with E-state index in [0.717, 1.165) is 44.4 Å². The summed E-state index contributed by atoms with van der Waals surface area (Å²) in [5.74, 6) is -0.289. The highest BCUT2D eigenvalue weighted by atomic mass is 19.1. The van der Waals surface area contributed by atoms with Gasteiger partial charge in [-0.3, -0.25) is 0 Å². The lowest BCUT2D eigenvalue weighted by Gasteiger charge is -2.40. The molecule has 2 aromatic heterocycles. The van der Waals surface area contributed by atoms with Crippen molar-refractivity contribution in [3.8, 4) is 22.4 Å². The first kappa shape index (κ1) is 23.7. The number of halogens is 1. The second kappa shape index (κ2) is 8.28. The molecule has 3 nitrogen and oxygen atoms in total. The Balaban J connectivity index is 1.49. The van der Waals surface area contributed by atoms with Gasteiger partial charge in [0.1, 0.15) is 24.0 Å². The molecule has 4 aromatic carbocycles. The van der Waals surface area contributed by atoms with Crippen molar-refractivity contribution < 1.29 is 13.4 Å². The number of benzene rings is 4. The van der Waals surface area contributed by atoms with E-state index in [1.807, 2.05) is 37.5 Å². The summed E-state index contributed by atoms with van der Waals surface area (Å²) in [6.45, 7) is 6.60. The molecule has 0 saturated carbocycles. The third-order valence-electron chi connectivity index (χ3n) is 8.54. The fraction of sp³-hybridized carbons (Fsp3) is 0.171. The molecule has 0 aliphatic carbocycles. The number of rotatable bonds is 2. The topological polar surface area (TPSA) is 20.3 Å². The fourth-order valence-corrected chi connectivity index (χ4v) is 6.41. The van der Waals surface area contributed by atoms with Crippen LogP contribution in [0.15, 0.2) is 95.5 Å². The lowest BCUT2D eigenvalue weighted by atomic mass is 9.73. The summed E-state index contributed by atoms with van der Waals surface area (Å²) in [4.78, 5) is 2.22. The van der Waals surface area contributed by atoms with E-state index in [2.05, 4.69) is 91.9 Å². The number of anilines is 2. The van der Waals surface area contributed by atoms with Crippen LogP contribution >= 0.6 is 0 Å². The molecule has 0 fully saturated rings. The van der Waals surface area contributed by atoms with Gasteiger partial charge in [-0.15, -0.1) is 0 Å². The minimum atomic E-state index is -0.289. The van der Waals surface area contributed by atoms with E-state index in [-0.39, 0.29) is 11.2 Å². The van der Waals surface area contributed by atoms with Crippen molar-refractivity contribution >= 4 is 33.3 Å². The van der Waals surface area contributed by atoms with E-state index in [9.17, 15) is 0 Å². The Kier molecular flexibility index (Phi) is 5.02. The van der Waals surface area contributed by atoms with Gasteiger partial charge < -0.3 is 9.32 Å². The Bertz CT molecular complexity index is 1950. The number of furan rings is 1. The molecule has 7 rings (SSSR count). The number of aromatic nitrogens is 1. The standard InChI is InChI=1S/C35H30FN2O/c1-21-13-15-23-24-16-18-27(36)32(34(24)39-33(23)31(21)29-12-8-9-19-37(29)4)22-14-17-26-30(20-22)38(5)28-11-7-6-10-25(28)35(26,2)3/h6-20H,1-5H3/q+1. The molecule has 1 aliphatic rings. The summed E-state index contributed by atoms with van der Waals surface area (Å²) in [5, 5.41) is 1.90. The van der Waals surface area contributed by atoms with Gasteiger partial charge in [0.2, 0.25) is 5.69 Å². The number of hydrogen-bond donors (Lipinski definition) is 0. The first-order valence-corrected chi connectivity index (χ1v) is 13.3. The van der Waals surface area contributed by atoms with E-state index in [1.54, 1.807) is 6.07 Å². The minimum Gasteiger partial charge on any atom is -0.454 e. The van der Waals surface area contributed by atoms with Crippen LogP contribution in [0.25, 0.3) is 44.3 Å². The first-order chi connectivity index (χ1) is 18.8. The van der Waals surface area contributed by atoms with Crippen LogP contribution < -0.4 is 9.47 Å². The maximum Gasteiger partial charge on any atom is 0.216 e. The number of aryl methyl sites for hydroxylation is 2. The molecular weight excluding hydrogens is 483 g/mol. The van der Waals surface area contributed by atoms with Gasteiger partial charge >= 0.3 is 0 Å². The molecule has 0 unspecified atom stereocenters. The number of nitrogens with zero attached hydrogens (tertiary/aromatic N) is 2. The van der Waals surface area contributed by atoms with E-state index in [0.29, 0.717) is 11.1 Å². The maximum atomic E-state index is 15.7. The average Bonchev–Trinajstić information content (AvgIpc) is 3.30. The van der Waals surface area contributed by atoms with Gasteiger partial charge in [-0.1, -0.05) is 56.3 Å². The van der Waals surface area contributed by atoms with Gasteiger partial charge in [-0.25, -0.2) is 8.96 Å². The molecule has 3 heterocycles. The van der Waals surface area contributed by atoms with Gasteiger partial charge in [0.15, 0.2) is 6.20 Å². The van der Waals surface area contributed by atoms with Crippen LogP contribution in [-0.4, -0.2) is 7.05 Å². The average molecular weight is 514 g/mol. The SMILES string of the molecule is Cc1ccc2c(oc3c(-c4ccc5c(c4)N(C)c4ccccc4C5(C)C)c(F)ccc32)c1-c1cccc[n+]1C. The fourth-order valence-electron chi connectivity index (χ4n) is 6.41.